The number of nitro groups is 1. The lowest BCUT2D eigenvalue weighted by Crippen LogP contribution is -2.43. The van der Waals surface area contributed by atoms with Crippen LogP contribution < -0.4 is 5.32 Å². The van der Waals surface area contributed by atoms with Gasteiger partial charge in [0.05, 0.1) is 15.9 Å². The summed E-state index contributed by atoms with van der Waals surface area (Å²) in [6.45, 7) is 7.98. The van der Waals surface area contributed by atoms with Crippen LogP contribution in [0.3, 0.4) is 0 Å². The number of nitrogens with one attached hydrogen (secondary N) is 1. The Balaban J connectivity index is 1.66. The molecule has 3 rings (SSSR count). The van der Waals surface area contributed by atoms with Gasteiger partial charge in [-0.25, -0.2) is 8.42 Å². The second-order valence-electron chi connectivity index (χ2n) is 8.54. The second-order valence-corrected chi connectivity index (χ2v) is 10.4. The third-order valence-electron chi connectivity index (χ3n) is 5.93. The SMILES string of the molecule is Cc1cc(C)cc(C(C)NC(=O)C2CCN(S(=O)(=O)c3cc([N+](=O)[O-])ccc3C)CC2)c1. The molecule has 1 heterocycles. The fraction of sp³-hybridized carbons (Fsp3) is 0.435. The quantitative estimate of drug-likeness (QED) is 0.522. The van der Waals surface area contributed by atoms with Crippen LogP contribution >= 0.6 is 0 Å². The van der Waals surface area contributed by atoms with Gasteiger partial charge in [0.2, 0.25) is 15.9 Å². The summed E-state index contributed by atoms with van der Waals surface area (Å²) < 4.78 is 27.5. The minimum atomic E-state index is -3.88. The highest BCUT2D eigenvalue weighted by molar-refractivity contribution is 7.89. The first-order valence-corrected chi connectivity index (χ1v) is 12.1. The third-order valence-corrected chi connectivity index (χ3v) is 7.97. The molecule has 1 aliphatic rings. The van der Waals surface area contributed by atoms with Gasteiger partial charge in [0.25, 0.3) is 5.69 Å². The van der Waals surface area contributed by atoms with Crippen LogP contribution in [0.4, 0.5) is 5.69 Å². The van der Waals surface area contributed by atoms with E-state index in [0.29, 0.717) is 18.4 Å². The molecule has 8 nitrogen and oxygen atoms in total. The van der Waals surface area contributed by atoms with Gasteiger partial charge in [-0.1, -0.05) is 35.4 Å². The average Bonchev–Trinajstić information content (AvgIpc) is 2.73. The van der Waals surface area contributed by atoms with Crippen molar-refractivity contribution < 1.29 is 18.1 Å². The first kappa shape index (κ1) is 23.9. The maximum atomic E-state index is 13.1. The molecule has 0 aliphatic carbocycles. The van der Waals surface area contributed by atoms with Crippen LogP contribution in [-0.2, 0) is 14.8 Å². The van der Waals surface area contributed by atoms with Crippen LogP contribution in [0.1, 0.15) is 48.1 Å². The Labute approximate surface area is 188 Å². The molecule has 1 saturated heterocycles. The maximum Gasteiger partial charge on any atom is 0.270 e. The van der Waals surface area contributed by atoms with Gasteiger partial charge in [-0.3, -0.25) is 14.9 Å². The first-order chi connectivity index (χ1) is 15.0. The number of nitro benzene ring substituents is 1. The zero-order chi connectivity index (χ0) is 23.6. The van der Waals surface area contributed by atoms with Crippen LogP contribution in [0.15, 0.2) is 41.3 Å². The van der Waals surface area contributed by atoms with E-state index in [-0.39, 0.29) is 41.5 Å². The molecule has 1 unspecified atom stereocenters. The fourth-order valence-corrected chi connectivity index (χ4v) is 5.87. The number of carbonyl (C=O) groups is 1. The zero-order valence-corrected chi connectivity index (χ0v) is 19.6. The number of piperidine rings is 1. The molecule has 2 aromatic carbocycles. The van der Waals surface area contributed by atoms with Gasteiger partial charge in [0.1, 0.15) is 0 Å². The molecule has 0 saturated carbocycles. The number of nitrogens with zero attached hydrogens (tertiary/aromatic N) is 2. The summed E-state index contributed by atoms with van der Waals surface area (Å²) in [5.74, 6) is -0.360. The molecular formula is C23H29N3O5S. The van der Waals surface area contributed by atoms with E-state index < -0.39 is 14.9 Å². The summed E-state index contributed by atoms with van der Waals surface area (Å²) >= 11 is 0. The molecule has 0 bridgehead atoms. The van der Waals surface area contributed by atoms with Gasteiger partial charge >= 0.3 is 0 Å². The highest BCUT2D eigenvalue weighted by Crippen LogP contribution is 2.29. The van der Waals surface area contributed by atoms with Gasteiger partial charge in [-0.05, 0) is 51.7 Å². The van der Waals surface area contributed by atoms with Crippen molar-refractivity contribution in [3.63, 3.8) is 0 Å². The minimum absolute atomic E-state index is 0.0574. The number of non-ortho nitro benzene ring substituents is 1. The normalized spacial score (nSPS) is 16.5. The standard InChI is InChI=1S/C23H29N3O5S/c1-15-11-16(2)13-20(12-15)18(4)24-23(27)19-7-9-25(10-8-19)32(30,31)22-14-21(26(28)29)6-5-17(22)3/h5-6,11-14,18-19H,7-10H2,1-4H3,(H,24,27). The lowest BCUT2D eigenvalue weighted by atomic mass is 9.96. The highest BCUT2D eigenvalue weighted by Gasteiger charge is 2.34. The Morgan fingerprint density at radius 1 is 1.09 bits per heavy atom. The van der Waals surface area contributed by atoms with E-state index in [2.05, 4.69) is 23.5 Å². The van der Waals surface area contributed by atoms with Crippen molar-refractivity contribution in [3.05, 3.63) is 68.8 Å². The molecule has 1 aliphatic heterocycles. The van der Waals surface area contributed by atoms with Gasteiger partial charge in [0, 0.05) is 31.1 Å². The monoisotopic (exact) mass is 459 g/mol. The van der Waals surface area contributed by atoms with E-state index in [9.17, 15) is 23.3 Å². The predicted octanol–water partition coefficient (Wildman–Crippen LogP) is 3.80. The van der Waals surface area contributed by atoms with Crippen molar-refractivity contribution in [2.75, 3.05) is 13.1 Å². The number of carbonyl (C=O) groups excluding carboxylic acids is 1. The van der Waals surface area contributed by atoms with Crippen molar-refractivity contribution in [2.24, 2.45) is 5.92 Å². The molecule has 172 valence electrons. The molecule has 2 aromatic rings. The topological polar surface area (TPSA) is 110 Å². The van der Waals surface area contributed by atoms with Crippen LogP contribution in [0.5, 0.6) is 0 Å². The third kappa shape index (κ3) is 5.16. The Bertz CT molecular complexity index is 1120. The molecular weight excluding hydrogens is 430 g/mol. The fourth-order valence-electron chi connectivity index (χ4n) is 4.15. The smallest absolute Gasteiger partial charge is 0.270 e. The summed E-state index contributed by atoms with van der Waals surface area (Å²) in [4.78, 5) is 23.2. The van der Waals surface area contributed by atoms with E-state index in [1.165, 1.54) is 16.4 Å². The summed E-state index contributed by atoms with van der Waals surface area (Å²) in [7, 11) is -3.88. The molecule has 32 heavy (non-hydrogen) atoms. The Hall–Kier alpha value is -2.78. The van der Waals surface area contributed by atoms with Crippen LogP contribution in [-0.4, -0.2) is 36.6 Å². The molecule has 1 atom stereocenters. The second kappa shape index (κ2) is 9.38. The number of aryl methyl sites for hydroxylation is 3. The van der Waals surface area contributed by atoms with Crippen molar-refractivity contribution in [2.45, 2.75) is 51.5 Å². The van der Waals surface area contributed by atoms with Crippen molar-refractivity contribution in [1.82, 2.24) is 9.62 Å². The number of hydrogen-bond acceptors (Lipinski definition) is 5. The Kier molecular flexibility index (Phi) is 7.00. The molecule has 1 amide bonds. The summed E-state index contributed by atoms with van der Waals surface area (Å²) in [5, 5.41) is 14.1. The van der Waals surface area contributed by atoms with Crippen LogP contribution in [0, 0.1) is 36.8 Å². The van der Waals surface area contributed by atoms with Crippen molar-refractivity contribution in [3.8, 4) is 0 Å². The largest absolute Gasteiger partial charge is 0.349 e. The van der Waals surface area contributed by atoms with E-state index in [1.807, 2.05) is 20.8 Å². The van der Waals surface area contributed by atoms with Gasteiger partial charge in [-0.2, -0.15) is 4.31 Å². The lowest BCUT2D eigenvalue weighted by Gasteiger charge is -2.31. The zero-order valence-electron chi connectivity index (χ0n) is 18.8. The minimum Gasteiger partial charge on any atom is -0.349 e. The predicted molar refractivity (Wildman–Crippen MR) is 122 cm³/mol. The van der Waals surface area contributed by atoms with E-state index in [1.54, 1.807) is 6.92 Å². The summed E-state index contributed by atoms with van der Waals surface area (Å²) in [6.07, 6.45) is 0.803. The van der Waals surface area contributed by atoms with Crippen molar-refractivity contribution in [1.29, 1.82) is 0 Å². The Morgan fingerprint density at radius 3 is 2.25 bits per heavy atom. The molecule has 0 aromatic heterocycles. The van der Waals surface area contributed by atoms with Gasteiger partial charge in [-0.15, -0.1) is 0 Å². The van der Waals surface area contributed by atoms with E-state index >= 15 is 0 Å². The van der Waals surface area contributed by atoms with Crippen LogP contribution in [0.25, 0.3) is 0 Å². The molecule has 1 N–H and O–H groups in total. The maximum absolute atomic E-state index is 13.1. The number of benzene rings is 2. The number of amides is 1. The summed E-state index contributed by atoms with van der Waals surface area (Å²) in [6, 6.07) is 9.88. The highest BCUT2D eigenvalue weighted by atomic mass is 32.2. The first-order valence-electron chi connectivity index (χ1n) is 10.6. The number of hydrogen-bond donors (Lipinski definition) is 1. The Morgan fingerprint density at radius 2 is 1.69 bits per heavy atom. The van der Waals surface area contributed by atoms with Crippen molar-refractivity contribution >= 4 is 21.6 Å². The molecule has 0 spiro atoms. The van der Waals surface area contributed by atoms with Crippen LogP contribution in [0.2, 0.25) is 0 Å². The average molecular weight is 460 g/mol. The number of rotatable bonds is 6. The van der Waals surface area contributed by atoms with Gasteiger partial charge in [0.15, 0.2) is 0 Å². The number of sulfonamides is 1. The van der Waals surface area contributed by atoms with E-state index in [0.717, 1.165) is 22.8 Å². The summed E-state index contributed by atoms with van der Waals surface area (Å²) in [5.41, 5.74) is 3.51. The van der Waals surface area contributed by atoms with Gasteiger partial charge < -0.3 is 5.32 Å². The lowest BCUT2D eigenvalue weighted by molar-refractivity contribution is -0.385. The molecule has 9 heteroatoms. The molecule has 1 fully saturated rings. The van der Waals surface area contributed by atoms with E-state index in [4.69, 9.17) is 0 Å². The molecule has 0 radical (unpaired) electrons.